The molecular weight excluding hydrogens is 434 g/mol. The number of hydrogen-bond acceptors (Lipinski definition) is 5. The molecule has 1 aliphatic carbocycles. The number of ether oxygens (including phenoxy) is 2. The monoisotopic (exact) mass is 452 g/mol. The number of amides is 1. The Morgan fingerprint density at radius 2 is 1.88 bits per heavy atom. The van der Waals surface area contributed by atoms with E-state index in [0.29, 0.717) is 28.3 Å². The molecule has 33 heavy (non-hydrogen) atoms. The van der Waals surface area contributed by atoms with Crippen LogP contribution in [0.2, 0.25) is 0 Å². The minimum Gasteiger partial charge on any atom is -0.478 e. The highest BCUT2D eigenvalue weighted by atomic mass is 19.3. The second-order valence-corrected chi connectivity index (χ2v) is 7.98. The smallest absolute Gasteiger partial charge is 0.335 e. The number of pyridine rings is 1. The van der Waals surface area contributed by atoms with Crippen molar-refractivity contribution in [1.82, 2.24) is 4.98 Å². The van der Waals surface area contributed by atoms with Gasteiger partial charge in [-0.15, -0.1) is 0 Å². The number of halogens is 2. The van der Waals surface area contributed by atoms with E-state index in [1.165, 1.54) is 30.3 Å². The lowest BCUT2D eigenvalue weighted by atomic mass is 10.0. The van der Waals surface area contributed by atoms with Crippen molar-refractivity contribution in [1.29, 1.82) is 0 Å². The van der Waals surface area contributed by atoms with Gasteiger partial charge in [-0.3, -0.25) is 4.79 Å². The van der Waals surface area contributed by atoms with E-state index in [1.807, 2.05) is 0 Å². The molecule has 7 nitrogen and oxygen atoms in total. The predicted molar refractivity (Wildman–Crippen MR) is 114 cm³/mol. The fourth-order valence-corrected chi connectivity index (χ4v) is 4.07. The molecule has 1 amide bonds. The second-order valence-electron chi connectivity index (χ2n) is 7.98. The average Bonchev–Trinajstić information content (AvgIpc) is 3.12. The first-order chi connectivity index (χ1) is 15.8. The Kier molecular flexibility index (Phi) is 4.77. The van der Waals surface area contributed by atoms with Gasteiger partial charge in [0.05, 0.1) is 17.2 Å². The summed E-state index contributed by atoms with van der Waals surface area (Å²) in [5.41, 5.74) is 2.12. The van der Waals surface area contributed by atoms with Gasteiger partial charge in [-0.2, -0.15) is 0 Å². The van der Waals surface area contributed by atoms with Crippen LogP contribution in [0.25, 0.3) is 11.3 Å². The number of alkyl halides is 2. The highest BCUT2D eigenvalue weighted by Gasteiger charge is 2.72. The van der Waals surface area contributed by atoms with Crippen molar-refractivity contribution in [3.63, 3.8) is 0 Å². The topological polar surface area (TPSA) is 97.8 Å². The van der Waals surface area contributed by atoms with E-state index in [1.54, 1.807) is 31.2 Å². The van der Waals surface area contributed by atoms with Crippen LogP contribution < -0.4 is 14.8 Å². The Labute approximate surface area is 187 Å². The van der Waals surface area contributed by atoms with Crippen molar-refractivity contribution in [2.75, 3.05) is 12.1 Å². The quantitative estimate of drug-likeness (QED) is 0.593. The summed E-state index contributed by atoms with van der Waals surface area (Å²) in [4.78, 5) is 28.4. The number of aromatic carboxylic acids is 1. The molecule has 1 saturated carbocycles. The molecule has 0 spiro atoms. The Balaban J connectivity index is 1.38. The molecule has 2 atom stereocenters. The average molecular weight is 452 g/mol. The third-order valence-corrected chi connectivity index (χ3v) is 5.82. The van der Waals surface area contributed by atoms with Crippen LogP contribution >= 0.6 is 0 Å². The van der Waals surface area contributed by atoms with E-state index in [0.717, 1.165) is 5.56 Å². The Bertz CT molecular complexity index is 1290. The second kappa shape index (κ2) is 7.54. The van der Waals surface area contributed by atoms with Gasteiger partial charge in [-0.05, 0) is 48.4 Å². The van der Waals surface area contributed by atoms with Crippen molar-refractivity contribution in [2.24, 2.45) is 5.92 Å². The zero-order chi connectivity index (χ0) is 23.3. The fraction of sp³-hybridized carbons (Fsp3) is 0.208. The molecular formula is C24H18F2N2O5. The van der Waals surface area contributed by atoms with Crippen LogP contribution in [0.5, 0.6) is 11.5 Å². The van der Waals surface area contributed by atoms with E-state index in [4.69, 9.17) is 9.47 Å². The number of benzene rings is 2. The van der Waals surface area contributed by atoms with E-state index in [2.05, 4.69) is 10.3 Å². The number of nitrogens with zero attached hydrogens (tertiary/aromatic N) is 1. The molecule has 0 radical (unpaired) electrons. The number of carboxylic acids is 1. The summed E-state index contributed by atoms with van der Waals surface area (Å²) in [6.45, 7) is 1.81. The zero-order valence-corrected chi connectivity index (χ0v) is 17.3. The Morgan fingerprint density at radius 3 is 2.67 bits per heavy atom. The molecule has 2 N–H and O–H groups in total. The number of carbonyl (C=O) groups excluding carboxylic acids is 1. The number of fused-ring (bicyclic) bond motifs is 1. The number of hydrogen-bond donors (Lipinski definition) is 2. The Hall–Kier alpha value is -4.01. The number of aryl methyl sites for hydroxylation is 1. The van der Waals surface area contributed by atoms with Gasteiger partial charge in [0.1, 0.15) is 11.7 Å². The van der Waals surface area contributed by atoms with Crippen molar-refractivity contribution in [2.45, 2.75) is 18.8 Å². The lowest BCUT2D eigenvalue weighted by Crippen LogP contribution is -2.18. The lowest BCUT2D eigenvalue weighted by Gasteiger charge is -2.10. The minimum atomic E-state index is -3.21. The van der Waals surface area contributed by atoms with Gasteiger partial charge in [-0.25, -0.2) is 18.6 Å². The molecule has 3 aromatic rings. The predicted octanol–water partition coefficient (Wildman–Crippen LogP) is 4.47. The summed E-state index contributed by atoms with van der Waals surface area (Å²) < 4.78 is 39.6. The SMILES string of the molecule is Cc1ccc(NC(=O)C2C(c3ccc4c(c3)OCO4)C2(F)F)nc1-c1cccc(C(=O)O)c1. The molecule has 5 rings (SSSR count). The molecule has 9 heteroatoms. The van der Waals surface area contributed by atoms with Crippen molar-refractivity contribution in [3.8, 4) is 22.8 Å². The van der Waals surface area contributed by atoms with E-state index in [9.17, 15) is 23.5 Å². The van der Waals surface area contributed by atoms with Crippen LogP contribution in [0.4, 0.5) is 14.6 Å². The molecule has 2 unspecified atom stereocenters. The number of carbonyl (C=O) groups is 2. The van der Waals surface area contributed by atoms with Crippen LogP contribution in [0, 0.1) is 12.8 Å². The van der Waals surface area contributed by atoms with Crippen molar-refractivity contribution in [3.05, 3.63) is 71.3 Å². The van der Waals surface area contributed by atoms with Gasteiger partial charge in [0.25, 0.3) is 5.92 Å². The highest BCUT2D eigenvalue weighted by Crippen LogP contribution is 2.62. The number of aromatic nitrogens is 1. The van der Waals surface area contributed by atoms with E-state index < -0.39 is 29.6 Å². The highest BCUT2D eigenvalue weighted by molar-refractivity contribution is 5.96. The van der Waals surface area contributed by atoms with Crippen LogP contribution in [0.1, 0.15) is 27.4 Å². The summed E-state index contributed by atoms with van der Waals surface area (Å²) >= 11 is 0. The summed E-state index contributed by atoms with van der Waals surface area (Å²) in [6.07, 6.45) is 0. The van der Waals surface area contributed by atoms with Crippen molar-refractivity contribution < 1.29 is 33.0 Å². The molecule has 2 aliphatic rings. The standard InChI is InChI=1S/C24H18F2N2O5/c1-12-5-8-18(27-21(12)14-3-2-4-15(9-14)23(30)31)28-22(29)20-19(24(20,25)26)13-6-7-16-17(10-13)33-11-32-16/h2-10,19-20H,11H2,1H3,(H,30,31)(H,27,28,29). The van der Waals surface area contributed by atoms with Crippen LogP contribution in [-0.2, 0) is 4.79 Å². The molecule has 1 fully saturated rings. The maximum Gasteiger partial charge on any atom is 0.335 e. The molecule has 2 heterocycles. The third-order valence-electron chi connectivity index (χ3n) is 5.82. The first-order valence-electron chi connectivity index (χ1n) is 10.2. The largest absolute Gasteiger partial charge is 0.478 e. The van der Waals surface area contributed by atoms with Crippen LogP contribution in [0.15, 0.2) is 54.6 Å². The normalized spacial score (nSPS) is 19.7. The summed E-state index contributed by atoms with van der Waals surface area (Å²) in [5.74, 6) is -6.98. The van der Waals surface area contributed by atoms with E-state index in [-0.39, 0.29) is 18.2 Å². The van der Waals surface area contributed by atoms with Gasteiger partial charge in [0.2, 0.25) is 12.7 Å². The summed E-state index contributed by atoms with van der Waals surface area (Å²) in [7, 11) is 0. The molecule has 2 aromatic carbocycles. The zero-order valence-electron chi connectivity index (χ0n) is 17.3. The van der Waals surface area contributed by atoms with Gasteiger partial charge in [0, 0.05) is 5.56 Å². The maximum absolute atomic E-state index is 14.6. The molecule has 0 bridgehead atoms. The number of carboxylic acid groups (broad SMARTS) is 1. The van der Waals surface area contributed by atoms with Gasteiger partial charge < -0.3 is 19.9 Å². The minimum absolute atomic E-state index is 0.0283. The van der Waals surface area contributed by atoms with Gasteiger partial charge in [0.15, 0.2) is 11.5 Å². The molecule has 0 saturated heterocycles. The number of nitrogens with one attached hydrogen (secondary N) is 1. The summed E-state index contributed by atoms with van der Waals surface area (Å²) in [6, 6.07) is 14.0. The van der Waals surface area contributed by atoms with Gasteiger partial charge in [-0.1, -0.05) is 24.3 Å². The first-order valence-corrected chi connectivity index (χ1v) is 10.2. The number of rotatable bonds is 5. The number of anilines is 1. The fourth-order valence-electron chi connectivity index (χ4n) is 4.07. The maximum atomic E-state index is 14.6. The molecule has 168 valence electrons. The molecule has 1 aliphatic heterocycles. The van der Waals surface area contributed by atoms with Crippen molar-refractivity contribution >= 4 is 17.7 Å². The van der Waals surface area contributed by atoms with Crippen LogP contribution in [0.3, 0.4) is 0 Å². The third kappa shape index (κ3) is 3.65. The summed E-state index contributed by atoms with van der Waals surface area (Å²) in [5, 5.41) is 11.7. The van der Waals surface area contributed by atoms with Crippen LogP contribution in [-0.4, -0.2) is 34.7 Å². The Morgan fingerprint density at radius 1 is 1.09 bits per heavy atom. The van der Waals surface area contributed by atoms with E-state index >= 15 is 0 Å². The first kappa shape index (κ1) is 20.9. The lowest BCUT2D eigenvalue weighted by molar-refractivity contribution is -0.119. The van der Waals surface area contributed by atoms with Gasteiger partial charge >= 0.3 is 5.97 Å². The molecule has 1 aromatic heterocycles.